The van der Waals surface area contributed by atoms with Crippen molar-refractivity contribution in [2.75, 3.05) is 18.7 Å². The highest BCUT2D eigenvalue weighted by Gasteiger charge is 2.31. The molecule has 0 saturated heterocycles. The third kappa shape index (κ3) is 2.97. The molecule has 0 radical (unpaired) electrons. The highest BCUT2D eigenvalue weighted by molar-refractivity contribution is 7.98. The molecule has 1 aromatic heterocycles. The standard InChI is InChI=1S/C20H19N3O2S/c1-25-15-5-3-4-14(10-15)23-12-21-19-17(11-18(24)22-20(19)23)13-6-8-16(26-2)9-7-13/h3-10,12,17H,11H2,1-2H3,(H,22,24). The first-order valence-corrected chi connectivity index (χ1v) is 9.57. The van der Waals surface area contributed by atoms with E-state index < -0.39 is 0 Å². The van der Waals surface area contributed by atoms with Crippen molar-refractivity contribution in [3.8, 4) is 11.4 Å². The molecular weight excluding hydrogens is 346 g/mol. The van der Waals surface area contributed by atoms with E-state index >= 15 is 0 Å². The second-order valence-corrected chi connectivity index (χ2v) is 7.01. The van der Waals surface area contributed by atoms with Gasteiger partial charge in [0.15, 0.2) is 0 Å². The molecule has 1 atom stereocenters. The topological polar surface area (TPSA) is 56.1 Å². The van der Waals surface area contributed by atoms with Gasteiger partial charge in [-0.2, -0.15) is 0 Å². The lowest BCUT2D eigenvalue weighted by Gasteiger charge is -2.23. The van der Waals surface area contributed by atoms with Crippen molar-refractivity contribution in [1.29, 1.82) is 0 Å². The van der Waals surface area contributed by atoms with Crippen molar-refractivity contribution in [2.24, 2.45) is 0 Å². The van der Waals surface area contributed by atoms with Crippen LogP contribution in [0, 0.1) is 0 Å². The molecule has 0 bridgehead atoms. The lowest BCUT2D eigenvalue weighted by molar-refractivity contribution is -0.116. The van der Waals surface area contributed by atoms with Crippen LogP contribution in [-0.2, 0) is 4.79 Å². The minimum absolute atomic E-state index is 0.00101. The molecule has 2 heterocycles. The van der Waals surface area contributed by atoms with Crippen LogP contribution in [0.1, 0.15) is 23.6 Å². The summed E-state index contributed by atoms with van der Waals surface area (Å²) in [4.78, 5) is 18.2. The number of benzene rings is 2. The number of amides is 1. The molecule has 1 amide bonds. The van der Waals surface area contributed by atoms with Crippen molar-refractivity contribution >= 4 is 23.5 Å². The first kappa shape index (κ1) is 16.7. The molecule has 1 N–H and O–H groups in total. The fourth-order valence-electron chi connectivity index (χ4n) is 3.27. The quantitative estimate of drug-likeness (QED) is 0.708. The average molecular weight is 365 g/mol. The summed E-state index contributed by atoms with van der Waals surface area (Å²) in [6, 6.07) is 16.0. The summed E-state index contributed by atoms with van der Waals surface area (Å²) in [7, 11) is 1.64. The summed E-state index contributed by atoms with van der Waals surface area (Å²) in [5.41, 5.74) is 2.90. The Labute approximate surface area is 156 Å². The smallest absolute Gasteiger partial charge is 0.226 e. The molecule has 0 spiro atoms. The summed E-state index contributed by atoms with van der Waals surface area (Å²) >= 11 is 1.70. The van der Waals surface area contributed by atoms with Gasteiger partial charge in [-0.1, -0.05) is 18.2 Å². The van der Waals surface area contributed by atoms with E-state index in [-0.39, 0.29) is 11.8 Å². The zero-order valence-corrected chi connectivity index (χ0v) is 15.4. The van der Waals surface area contributed by atoms with E-state index in [0.717, 1.165) is 28.5 Å². The van der Waals surface area contributed by atoms with Crippen LogP contribution in [0.3, 0.4) is 0 Å². The van der Waals surface area contributed by atoms with Gasteiger partial charge in [-0.3, -0.25) is 9.36 Å². The van der Waals surface area contributed by atoms with Crippen molar-refractivity contribution < 1.29 is 9.53 Å². The number of imidazole rings is 1. The van der Waals surface area contributed by atoms with Crippen LogP contribution >= 0.6 is 11.8 Å². The van der Waals surface area contributed by atoms with E-state index in [2.05, 4.69) is 40.8 Å². The third-order valence-electron chi connectivity index (χ3n) is 4.62. The average Bonchev–Trinajstić information content (AvgIpc) is 3.11. The zero-order valence-electron chi connectivity index (χ0n) is 14.6. The number of nitrogens with zero attached hydrogens (tertiary/aromatic N) is 2. The summed E-state index contributed by atoms with van der Waals surface area (Å²) in [5, 5.41) is 2.98. The molecule has 6 heteroatoms. The van der Waals surface area contributed by atoms with Crippen molar-refractivity contribution in [3.05, 3.63) is 66.1 Å². The largest absolute Gasteiger partial charge is 0.497 e. The molecule has 1 unspecified atom stereocenters. The second-order valence-electron chi connectivity index (χ2n) is 6.13. The van der Waals surface area contributed by atoms with Crippen molar-refractivity contribution in [3.63, 3.8) is 0 Å². The number of aromatic nitrogens is 2. The Morgan fingerprint density at radius 1 is 1.23 bits per heavy atom. The fraction of sp³-hybridized carbons (Fsp3) is 0.200. The Morgan fingerprint density at radius 2 is 2.04 bits per heavy atom. The van der Waals surface area contributed by atoms with E-state index in [1.165, 1.54) is 4.90 Å². The highest BCUT2D eigenvalue weighted by atomic mass is 32.2. The maximum atomic E-state index is 12.4. The summed E-state index contributed by atoms with van der Waals surface area (Å²) in [6.07, 6.45) is 4.21. The monoisotopic (exact) mass is 365 g/mol. The number of carbonyl (C=O) groups is 1. The van der Waals surface area contributed by atoms with Crippen LogP contribution in [0.25, 0.3) is 5.69 Å². The van der Waals surface area contributed by atoms with Gasteiger partial charge < -0.3 is 10.1 Å². The second kappa shape index (κ2) is 6.88. The number of hydrogen-bond donors (Lipinski definition) is 1. The molecule has 3 aromatic rings. The first-order chi connectivity index (χ1) is 12.7. The Balaban J connectivity index is 1.76. The fourth-order valence-corrected chi connectivity index (χ4v) is 3.68. The summed E-state index contributed by atoms with van der Waals surface area (Å²) in [5.74, 6) is 1.45. The summed E-state index contributed by atoms with van der Waals surface area (Å²) in [6.45, 7) is 0. The van der Waals surface area contributed by atoms with E-state index in [1.54, 1.807) is 25.2 Å². The number of methoxy groups -OCH3 is 1. The van der Waals surface area contributed by atoms with Gasteiger partial charge in [-0.15, -0.1) is 11.8 Å². The number of nitrogens with one attached hydrogen (secondary N) is 1. The molecule has 0 fully saturated rings. The minimum Gasteiger partial charge on any atom is -0.497 e. The minimum atomic E-state index is -0.0403. The number of carbonyl (C=O) groups excluding carboxylic acids is 1. The lowest BCUT2D eigenvalue weighted by atomic mass is 9.90. The Hall–Kier alpha value is -2.73. The number of hydrogen-bond acceptors (Lipinski definition) is 4. The molecular formula is C20H19N3O2S. The first-order valence-electron chi connectivity index (χ1n) is 8.35. The molecule has 1 aliphatic heterocycles. The molecule has 5 nitrogen and oxygen atoms in total. The van der Waals surface area contributed by atoms with Gasteiger partial charge >= 0.3 is 0 Å². The highest BCUT2D eigenvalue weighted by Crippen LogP contribution is 2.38. The van der Waals surface area contributed by atoms with Gasteiger partial charge in [0, 0.05) is 23.3 Å². The van der Waals surface area contributed by atoms with Crippen LogP contribution in [-0.4, -0.2) is 28.8 Å². The van der Waals surface area contributed by atoms with Gasteiger partial charge in [0.2, 0.25) is 5.91 Å². The van der Waals surface area contributed by atoms with Crippen LogP contribution in [0.5, 0.6) is 5.75 Å². The number of thioether (sulfide) groups is 1. The SMILES string of the molecule is COc1cccc(-n2cnc3c2NC(=O)CC3c2ccc(SC)cc2)c1. The molecule has 0 saturated carbocycles. The van der Waals surface area contributed by atoms with E-state index in [1.807, 2.05) is 28.8 Å². The predicted octanol–water partition coefficient (Wildman–Crippen LogP) is 4.08. The summed E-state index contributed by atoms with van der Waals surface area (Å²) < 4.78 is 7.21. The number of anilines is 1. The van der Waals surface area contributed by atoms with Crippen LogP contribution in [0.4, 0.5) is 5.82 Å². The van der Waals surface area contributed by atoms with Gasteiger partial charge in [-0.05, 0) is 36.1 Å². The molecule has 132 valence electrons. The van der Waals surface area contributed by atoms with Gasteiger partial charge in [0.1, 0.15) is 17.9 Å². The normalized spacial score (nSPS) is 16.1. The van der Waals surface area contributed by atoms with Gasteiger partial charge in [0.05, 0.1) is 18.5 Å². The third-order valence-corrected chi connectivity index (χ3v) is 5.37. The molecule has 26 heavy (non-hydrogen) atoms. The number of rotatable bonds is 4. The van der Waals surface area contributed by atoms with Crippen LogP contribution in [0.2, 0.25) is 0 Å². The molecule has 2 aromatic carbocycles. The zero-order chi connectivity index (χ0) is 18.1. The van der Waals surface area contributed by atoms with Gasteiger partial charge in [0.25, 0.3) is 0 Å². The maximum absolute atomic E-state index is 12.4. The van der Waals surface area contributed by atoms with Crippen LogP contribution < -0.4 is 10.1 Å². The van der Waals surface area contributed by atoms with Gasteiger partial charge in [-0.25, -0.2) is 4.98 Å². The Kier molecular flexibility index (Phi) is 4.42. The van der Waals surface area contributed by atoms with Crippen molar-refractivity contribution in [2.45, 2.75) is 17.2 Å². The molecule has 4 rings (SSSR count). The van der Waals surface area contributed by atoms with Crippen LogP contribution in [0.15, 0.2) is 59.8 Å². The predicted molar refractivity (Wildman–Crippen MR) is 103 cm³/mol. The number of fused-ring (bicyclic) bond motifs is 1. The van der Waals surface area contributed by atoms with Crippen molar-refractivity contribution in [1.82, 2.24) is 9.55 Å². The van der Waals surface area contributed by atoms with E-state index in [4.69, 9.17) is 4.74 Å². The molecule has 1 aliphatic rings. The maximum Gasteiger partial charge on any atom is 0.226 e. The Bertz CT molecular complexity index is 950. The Morgan fingerprint density at radius 3 is 2.77 bits per heavy atom. The van der Waals surface area contributed by atoms with E-state index in [9.17, 15) is 4.79 Å². The molecule has 0 aliphatic carbocycles. The number of ether oxygens (including phenoxy) is 1. The van der Waals surface area contributed by atoms with E-state index in [0.29, 0.717) is 6.42 Å². The lowest BCUT2D eigenvalue weighted by Crippen LogP contribution is -2.24.